The molecule has 0 saturated heterocycles. The van der Waals surface area contributed by atoms with Crippen molar-refractivity contribution < 1.29 is 96.6 Å². The van der Waals surface area contributed by atoms with Crippen LogP contribution in [0.4, 0.5) is 0 Å². The summed E-state index contributed by atoms with van der Waals surface area (Å²) in [6.45, 7) is 41.5. The Labute approximate surface area is 817 Å². The molecule has 0 aliphatic carbocycles. The fourth-order valence-corrected chi connectivity index (χ4v) is 20.7. The lowest BCUT2D eigenvalue weighted by Gasteiger charge is -2.36. The van der Waals surface area contributed by atoms with E-state index in [9.17, 15) is 25.5 Å². The molecule has 5 atom stereocenters. The molecule has 20 heteroatoms. The van der Waals surface area contributed by atoms with Gasteiger partial charge in [-0.2, -0.15) is 0 Å². The monoisotopic (exact) mass is 1880 g/mol. The first kappa shape index (κ1) is 99.2. The molecule has 0 radical (unpaired) electrons. The number of ether oxygens (including phenoxy) is 15. The molecule has 10 heterocycles. The summed E-state index contributed by atoms with van der Waals surface area (Å²) in [4.78, 5) is 0. The summed E-state index contributed by atoms with van der Waals surface area (Å²) in [5.41, 5.74) is 18.4. The number of phenols is 5. The summed E-state index contributed by atoms with van der Waals surface area (Å²) < 4.78 is 89.7. The van der Waals surface area contributed by atoms with Gasteiger partial charge in [0.05, 0.1) is 66.6 Å². The van der Waals surface area contributed by atoms with Crippen LogP contribution < -0.4 is 71.1 Å². The van der Waals surface area contributed by atoms with E-state index in [4.69, 9.17) is 71.1 Å². The van der Waals surface area contributed by atoms with E-state index in [1.54, 1.807) is 37.4 Å². The van der Waals surface area contributed by atoms with Gasteiger partial charge in [0.2, 0.25) is 0 Å². The van der Waals surface area contributed by atoms with Crippen molar-refractivity contribution >= 4 is 0 Å². The van der Waals surface area contributed by atoms with Crippen LogP contribution in [0.5, 0.6) is 115 Å². The van der Waals surface area contributed by atoms with Crippen molar-refractivity contribution in [3.63, 3.8) is 0 Å². The van der Waals surface area contributed by atoms with Crippen LogP contribution in [0.25, 0.3) is 0 Å². The zero-order chi connectivity index (χ0) is 97.7. The van der Waals surface area contributed by atoms with Crippen molar-refractivity contribution in [1.82, 2.24) is 0 Å². The third kappa shape index (κ3) is 23.2. The lowest BCUT2D eigenvalue weighted by molar-refractivity contribution is 0.0821. The van der Waals surface area contributed by atoms with Gasteiger partial charge in [-0.1, -0.05) is 89.1 Å². The number of hydrogen-bond donors (Lipinski definition) is 5. The number of fused-ring (bicyclic) bond motifs is 15. The van der Waals surface area contributed by atoms with E-state index >= 15 is 0 Å². The molecular formula is C118H146O20. The van der Waals surface area contributed by atoms with Gasteiger partial charge in [-0.3, -0.25) is 0 Å². The fraction of sp³-hybridized carbons (Fsp3) is 0.492. The maximum Gasteiger partial charge on any atom is 0.129 e. The quantitative estimate of drug-likeness (QED) is 0.0446. The predicted octanol–water partition coefficient (Wildman–Crippen LogP) is 25.9. The van der Waals surface area contributed by atoms with E-state index in [1.165, 1.54) is 73.2 Å². The molecule has 5 N–H and O–H groups in total. The average molecular weight is 1880 g/mol. The van der Waals surface area contributed by atoms with Crippen molar-refractivity contribution in [1.29, 1.82) is 0 Å². The van der Waals surface area contributed by atoms with Crippen molar-refractivity contribution in [2.75, 3.05) is 66.6 Å². The molecule has 0 amide bonds. The van der Waals surface area contributed by atoms with Gasteiger partial charge in [0, 0.05) is 116 Å². The maximum absolute atomic E-state index is 10.6. The van der Waals surface area contributed by atoms with Crippen molar-refractivity contribution in [2.24, 2.45) is 5.92 Å². The second-order valence-electron chi connectivity index (χ2n) is 42.6. The molecule has 10 aromatic rings. The second-order valence-corrected chi connectivity index (χ2v) is 42.6. The molecule has 10 aromatic carbocycles. The first-order chi connectivity index (χ1) is 66.0. The summed E-state index contributed by atoms with van der Waals surface area (Å²) in [6.07, 6.45) is 19.4. The standard InChI is InChI=1S/2C25H32O4.C24H30O4.C23H28O4.C21H24O4/c1-16(2)10-12-27-19-6-7-20(22(26)14-19)18-13-17-5-8-23-21(24(17)28-15-18)9-11-25(3,4)29-23;1-4-5-6-13-27-19-8-9-20(22(26)15-19)18-14-17-7-10-23-21(24(17)28-16-18)11-12-25(2,3)29-23;1-5-10-26-17-6-7-18(21(25)13-17)16-12-20-15(2)11-22-19(23(20)27-14-16)8-9-24(3,4)28-22;1-5-25-16-6-7-17(20(24)12-16)15-11-19-14(2)10-21-18(22(19)26-13-15)8-9-23(3,4)27-21;1-21(2)9-8-17-19(25-21)7-4-13-10-14(12-24-20(13)17)16-6-5-15(23-3)11-18(16)22/h5-8,14,16,18,26H,9-13,15H2,1-4H3;7-10,15,18,26H,4-6,11-14,16H2,1-3H3;6-7,11,13,16,25H,5,8-10,12,14H2,1-4H3;6-7,10,12,15,24H,5,8-9,11,13H2,1-4H3;4-7,11,14,22H,8-10,12H2,1-3H3/t2*18-;16-;15-;14-/m00000/s1. The van der Waals surface area contributed by atoms with Crippen LogP contribution in [0.3, 0.4) is 0 Å². The molecule has 10 aliphatic heterocycles. The summed E-state index contributed by atoms with van der Waals surface area (Å²) in [5, 5.41) is 52.5. The van der Waals surface area contributed by atoms with E-state index in [0.717, 1.165) is 219 Å². The Morgan fingerprint density at radius 3 is 0.913 bits per heavy atom. The lowest BCUT2D eigenvalue weighted by Crippen LogP contribution is -2.33. The van der Waals surface area contributed by atoms with Crippen molar-refractivity contribution in [3.8, 4) is 115 Å². The van der Waals surface area contributed by atoms with Crippen LogP contribution in [-0.4, -0.2) is 120 Å². The molecule has 10 aliphatic rings. The minimum atomic E-state index is -0.127. The van der Waals surface area contributed by atoms with Crippen LogP contribution in [0.15, 0.2) is 140 Å². The third-order valence-electron chi connectivity index (χ3n) is 28.7. The minimum Gasteiger partial charge on any atom is -0.508 e. The van der Waals surface area contributed by atoms with Gasteiger partial charge in [0.25, 0.3) is 0 Å². The average Bonchev–Trinajstić information content (AvgIpc) is 0.771. The Bertz CT molecular complexity index is 5990. The summed E-state index contributed by atoms with van der Waals surface area (Å²) in [5.74, 6) is 15.9. The van der Waals surface area contributed by atoms with E-state index in [1.807, 2.05) is 67.6 Å². The summed E-state index contributed by atoms with van der Waals surface area (Å²) in [6, 6.07) is 44.9. The normalized spacial score (nSPS) is 19.9. The number of hydrogen-bond acceptors (Lipinski definition) is 20. The molecule has 0 spiro atoms. The predicted molar refractivity (Wildman–Crippen MR) is 541 cm³/mol. The Kier molecular flexibility index (Phi) is 30.3. The van der Waals surface area contributed by atoms with Gasteiger partial charge < -0.3 is 96.6 Å². The zero-order valence-electron chi connectivity index (χ0n) is 84.6. The van der Waals surface area contributed by atoms with Crippen LogP contribution >= 0.6 is 0 Å². The van der Waals surface area contributed by atoms with Crippen molar-refractivity contribution in [2.45, 2.75) is 304 Å². The van der Waals surface area contributed by atoms with E-state index in [2.05, 4.69) is 159 Å². The summed E-state index contributed by atoms with van der Waals surface area (Å²) >= 11 is 0. The van der Waals surface area contributed by atoms with E-state index < -0.39 is 0 Å². The first-order valence-corrected chi connectivity index (χ1v) is 50.5. The zero-order valence-corrected chi connectivity index (χ0v) is 84.6. The van der Waals surface area contributed by atoms with Gasteiger partial charge >= 0.3 is 0 Å². The highest BCUT2D eigenvalue weighted by Crippen LogP contribution is 2.54. The molecule has 20 rings (SSSR count). The Morgan fingerprint density at radius 1 is 0.312 bits per heavy atom. The van der Waals surface area contributed by atoms with Gasteiger partial charge in [-0.05, 0) is 311 Å². The molecule has 0 saturated carbocycles. The lowest BCUT2D eigenvalue weighted by atomic mass is 9.84. The Balaban J connectivity index is 0.000000125. The molecule has 0 unspecified atom stereocenters. The largest absolute Gasteiger partial charge is 0.508 e. The number of unbranched alkanes of at least 4 members (excludes halogenated alkanes) is 2. The molecule has 138 heavy (non-hydrogen) atoms. The van der Waals surface area contributed by atoms with Gasteiger partial charge in [0.1, 0.15) is 143 Å². The number of benzene rings is 10. The molecule has 0 bridgehead atoms. The number of rotatable bonds is 20. The minimum absolute atomic E-state index is 0.118. The van der Waals surface area contributed by atoms with Crippen LogP contribution in [-0.2, 0) is 64.2 Å². The maximum atomic E-state index is 10.6. The first-order valence-electron chi connectivity index (χ1n) is 50.5. The number of aromatic hydroxyl groups is 5. The van der Waals surface area contributed by atoms with E-state index in [-0.39, 0.29) is 86.3 Å². The number of aryl methyl sites for hydroxylation is 2. The molecule has 20 nitrogen and oxygen atoms in total. The molecule has 738 valence electrons. The third-order valence-corrected chi connectivity index (χ3v) is 28.7. The van der Waals surface area contributed by atoms with Crippen LogP contribution in [0.2, 0.25) is 0 Å². The molecule has 0 aromatic heterocycles. The molecular weight excluding hydrogens is 1740 g/mol. The number of methoxy groups -OCH3 is 1. The molecule has 0 fully saturated rings. The van der Waals surface area contributed by atoms with Crippen LogP contribution in [0.1, 0.15) is 292 Å². The highest BCUT2D eigenvalue weighted by atomic mass is 16.5. The fourth-order valence-electron chi connectivity index (χ4n) is 20.7. The topological polar surface area (TPSA) is 240 Å². The van der Waals surface area contributed by atoms with Gasteiger partial charge in [-0.25, -0.2) is 0 Å². The Hall–Kier alpha value is -11.8. The SMILES string of the molecule is CC(C)CCOc1ccc([C@@H]2COc3c(ccc4c3CCC(C)(C)O4)C2)c(O)c1.CCCCCOc1ccc([C@@H]2COc3c(ccc4c3CCC(C)(C)O4)C2)c(O)c1.CCCOc1ccc([C@@H]2COc3c(c(C)cc4c3CCC(C)(C)O4)C2)c(O)c1.CCOc1ccc([C@@H]2COc3c(c(C)cc4c3CCC(C)(C)O4)C2)c(O)c1.COc1ccc([C@@H]2COc3c(ccc4c3CCC(C)(C)O4)C2)c(O)c1. The van der Waals surface area contributed by atoms with Crippen molar-refractivity contribution in [3.05, 3.63) is 234 Å². The highest BCUT2D eigenvalue weighted by molar-refractivity contribution is 5.62. The smallest absolute Gasteiger partial charge is 0.129 e. The Morgan fingerprint density at radius 2 is 0.601 bits per heavy atom. The number of phenolic OH excluding ortho intramolecular Hbond substituents is 5. The second kappa shape index (κ2) is 42.1. The van der Waals surface area contributed by atoms with Gasteiger partial charge in [0.15, 0.2) is 0 Å². The summed E-state index contributed by atoms with van der Waals surface area (Å²) in [7, 11) is 1.60. The highest BCUT2D eigenvalue weighted by Gasteiger charge is 2.41. The van der Waals surface area contributed by atoms with E-state index in [0.29, 0.717) is 82.6 Å². The van der Waals surface area contributed by atoms with Crippen LogP contribution in [0, 0.1) is 19.8 Å². The van der Waals surface area contributed by atoms with Gasteiger partial charge in [-0.15, -0.1) is 0 Å².